The summed E-state index contributed by atoms with van der Waals surface area (Å²) in [5.41, 5.74) is 1.66. The van der Waals surface area contributed by atoms with Gasteiger partial charge in [0.15, 0.2) is 0 Å². The first-order valence-electron chi connectivity index (χ1n) is 3.07. The minimum Gasteiger partial charge on any atom is -0.192 e. The summed E-state index contributed by atoms with van der Waals surface area (Å²) < 4.78 is 0.930. The van der Waals surface area contributed by atoms with Crippen molar-refractivity contribution in [3.63, 3.8) is 0 Å². The summed E-state index contributed by atoms with van der Waals surface area (Å²) in [5.74, 6) is 0.607. The molecule has 0 N–H and O–H groups in total. The fourth-order valence-corrected chi connectivity index (χ4v) is 1.43. The van der Waals surface area contributed by atoms with Gasteiger partial charge < -0.3 is 0 Å². The maximum atomic E-state index is 8.67. The number of nitrogens with zero attached hydrogens (tertiary/aromatic N) is 1. The van der Waals surface area contributed by atoms with E-state index in [1.54, 1.807) is 6.07 Å². The third kappa shape index (κ3) is 1.98. The first kappa shape index (κ1) is 8.63. The lowest BCUT2D eigenvalue weighted by atomic mass is 10.1. The predicted molar refractivity (Wildman–Crippen MR) is 51.5 cm³/mol. The van der Waals surface area contributed by atoms with E-state index >= 15 is 0 Å². The van der Waals surface area contributed by atoms with Gasteiger partial charge in [0.05, 0.1) is 11.6 Å². The van der Waals surface area contributed by atoms with Crippen molar-refractivity contribution in [1.82, 2.24) is 0 Å². The van der Waals surface area contributed by atoms with Gasteiger partial charge in [-0.05, 0) is 17.7 Å². The number of benzene rings is 1. The van der Waals surface area contributed by atoms with Gasteiger partial charge in [0, 0.05) is 10.2 Å². The van der Waals surface area contributed by atoms with Gasteiger partial charge in [0.2, 0.25) is 0 Å². The minimum absolute atomic E-state index is 0.607. The molecule has 0 atom stereocenters. The molecule has 0 aliphatic heterocycles. The summed E-state index contributed by atoms with van der Waals surface area (Å²) in [4.78, 5) is 0. The molecule has 0 aliphatic carbocycles. The van der Waals surface area contributed by atoms with Crippen molar-refractivity contribution in [1.29, 1.82) is 5.26 Å². The van der Waals surface area contributed by atoms with Crippen molar-refractivity contribution in [2.75, 3.05) is 0 Å². The number of thiol groups is 1. The number of hydrogen-bond donors (Lipinski definition) is 1. The number of rotatable bonds is 1. The second kappa shape index (κ2) is 3.80. The van der Waals surface area contributed by atoms with Crippen molar-refractivity contribution in [3.8, 4) is 6.07 Å². The first-order valence-corrected chi connectivity index (χ1v) is 4.50. The van der Waals surface area contributed by atoms with E-state index in [1.807, 2.05) is 12.1 Å². The highest BCUT2D eigenvalue weighted by Gasteiger charge is 1.99. The van der Waals surface area contributed by atoms with Crippen LogP contribution in [-0.4, -0.2) is 0 Å². The Bertz CT molecular complexity index is 303. The summed E-state index contributed by atoms with van der Waals surface area (Å²) in [6.07, 6.45) is 0. The van der Waals surface area contributed by atoms with Crippen molar-refractivity contribution in [3.05, 3.63) is 33.8 Å². The Morgan fingerprint density at radius 3 is 2.82 bits per heavy atom. The van der Waals surface area contributed by atoms with Crippen molar-refractivity contribution < 1.29 is 0 Å². The van der Waals surface area contributed by atoms with E-state index in [0.717, 1.165) is 10.0 Å². The van der Waals surface area contributed by atoms with Crippen molar-refractivity contribution in [2.45, 2.75) is 5.75 Å². The zero-order chi connectivity index (χ0) is 8.27. The van der Waals surface area contributed by atoms with Crippen LogP contribution in [0.5, 0.6) is 0 Å². The van der Waals surface area contributed by atoms with Gasteiger partial charge >= 0.3 is 0 Å². The molecule has 0 heterocycles. The fourth-order valence-electron chi connectivity index (χ4n) is 0.791. The van der Waals surface area contributed by atoms with E-state index in [1.165, 1.54) is 0 Å². The van der Waals surface area contributed by atoms with Crippen LogP contribution >= 0.6 is 28.6 Å². The van der Waals surface area contributed by atoms with E-state index in [9.17, 15) is 0 Å². The normalized spacial score (nSPS) is 9.18. The molecule has 1 nitrogen and oxygen atoms in total. The molecule has 0 amide bonds. The third-order valence-electron chi connectivity index (χ3n) is 1.36. The lowest BCUT2D eigenvalue weighted by Gasteiger charge is -1.98. The molecule has 0 spiro atoms. The van der Waals surface area contributed by atoms with Crippen LogP contribution in [0.15, 0.2) is 22.7 Å². The Morgan fingerprint density at radius 2 is 2.27 bits per heavy atom. The average Bonchev–Trinajstić information content (AvgIpc) is 2.04. The van der Waals surface area contributed by atoms with Crippen LogP contribution in [0.3, 0.4) is 0 Å². The second-order valence-electron chi connectivity index (χ2n) is 2.07. The third-order valence-corrected chi connectivity index (χ3v) is 2.20. The molecule has 0 radical (unpaired) electrons. The maximum absolute atomic E-state index is 8.67. The van der Waals surface area contributed by atoms with Gasteiger partial charge in [-0.3, -0.25) is 0 Å². The van der Waals surface area contributed by atoms with Gasteiger partial charge in [0.1, 0.15) is 0 Å². The lowest BCUT2D eigenvalue weighted by molar-refractivity contribution is 1.36. The number of nitriles is 1. The zero-order valence-corrected chi connectivity index (χ0v) is 8.19. The van der Waals surface area contributed by atoms with Crippen LogP contribution < -0.4 is 0 Å². The largest absolute Gasteiger partial charge is 0.192 e. The van der Waals surface area contributed by atoms with Gasteiger partial charge in [-0.25, -0.2) is 0 Å². The van der Waals surface area contributed by atoms with E-state index in [2.05, 4.69) is 34.6 Å². The average molecular weight is 228 g/mol. The molecule has 0 aromatic heterocycles. The molecule has 0 saturated heterocycles. The van der Waals surface area contributed by atoms with Gasteiger partial charge in [-0.15, -0.1) is 0 Å². The fraction of sp³-hybridized carbons (Fsp3) is 0.125. The smallest absolute Gasteiger partial charge is 0.0995 e. The van der Waals surface area contributed by atoms with E-state index < -0.39 is 0 Å². The molecule has 0 bridgehead atoms. The zero-order valence-electron chi connectivity index (χ0n) is 5.71. The summed E-state index contributed by atoms with van der Waals surface area (Å²) in [6.45, 7) is 0. The summed E-state index contributed by atoms with van der Waals surface area (Å²) in [6, 6.07) is 7.71. The molecule has 56 valence electrons. The maximum Gasteiger partial charge on any atom is 0.0995 e. The van der Waals surface area contributed by atoms with E-state index in [-0.39, 0.29) is 0 Å². The van der Waals surface area contributed by atoms with Crippen molar-refractivity contribution >= 4 is 28.6 Å². The number of hydrogen-bond acceptors (Lipinski definition) is 2. The van der Waals surface area contributed by atoms with E-state index in [0.29, 0.717) is 11.3 Å². The Hall–Kier alpha value is -0.460. The van der Waals surface area contributed by atoms with Crippen LogP contribution in [0.4, 0.5) is 0 Å². The molecular weight excluding hydrogens is 222 g/mol. The molecule has 1 aromatic rings. The highest BCUT2D eigenvalue weighted by Crippen LogP contribution is 2.16. The summed E-state index contributed by atoms with van der Waals surface area (Å²) >= 11 is 7.39. The minimum atomic E-state index is 0.607. The van der Waals surface area contributed by atoms with Crippen LogP contribution in [0, 0.1) is 11.3 Å². The van der Waals surface area contributed by atoms with Crippen LogP contribution in [0.25, 0.3) is 0 Å². The van der Waals surface area contributed by atoms with Gasteiger partial charge in [-0.2, -0.15) is 17.9 Å². The van der Waals surface area contributed by atoms with Crippen LogP contribution in [0.1, 0.15) is 11.1 Å². The Balaban J connectivity index is 3.19. The van der Waals surface area contributed by atoms with E-state index in [4.69, 9.17) is 5.26 Å². The predicted octanol–water partition coefficient (Wildman–Crippen LogP) is 2.75. The molecule has 0 saturated carbocycles. The first-order chi connectivity index (χ1) is 5.27. The second-order valence-corrected chi connectivity index (χ2v) is 3.30. The molecule has 3 heteroatoms. The van der Waals surface area contributed by atoms with Crippen molar-refractivity contribution in [2.24, 2.45) is 0 Å². The number of halogens is 1. The summed E-state index contributed by atoms with van der Waals surface area (Å²) in [7, 11) is 0. The molecule has 1 rings (SSSR count). The highest BCUT2D eigenvalue weighted by molar-refractivity contribution is 9.10. The Labute approximate surface area is 79.6 Å². The SMILES string of the molecule is N#Cc1cc(Br)ccc1CS. The van der Waals surface area contributed by atoms with Gasteiger partial charge in [-0.1, -0.05) is 22.0 Å². The molecule has 11 heavy (non-hydrogen) atoms. The van der Waals surface area contributed by atoms with Crippen LogP contribution in [-0.2, 0) is 5.75 Å². The molecular formula is C8H6BrNS. The Kier molecular flexibility index (Phi) is 2.98. The Morgan fingerprint density at radius 1 is 1.55 bits per heavy atom. The summed E-state index contributed by atoms with van der Waals surface area (Å²) in [5, 5.41) is 8.67. The highest BCUT2D eigenvalue weighted by atomic mass is 79.9. The molecule has 0 unspecified atom stereocenters. The quantitative estimate of drug-likeness (QED) is 0.734. The lowest BCUT2D eigenvalue weighted by Crippen LogP contribution is -1.84. The topological polar surface area (TPSA) is 23.8 Å². The monoisotopic (exact) mass is 227 g/mol. The van der Waals surface area contributed by atoms with Crippen LogP contribution in [0.2, 0.25) is 0 Å². The standard InChI is InChI=1S/C8H6BrNS/c9-8-2-1-6(5-11)7(3-8)4-10/h1-3,11H,5H2. The molecule has 0 fully saturated rings. The van der Waals surface area contributed by atoms with Gasteiger partial charge in [0.25, 0.3) is 0 Å². The molecule has 1 aromatic carbocycles. The molecule has 0 aliphatic rings.